The van der Waals surface area contributed by atoms with Gasteiger partial charge in [0.25, 0.3) is 0 Å². The lowest BCUT2D eigenvalue weighted by molar-refractivity contribution is 0.0701. The Morgan fingerprint density at radius 1 is 1.58 bits per heavy atom. The minimum atomic E-state index is -0.924. The monoisotopic (exact) mass is 298 g/mol. The normalized spacial score (nSPS) is 11.2. The largest absolute Gasteiger partial charge is 0.477 e. The molecule has 0 aromatic carbocycles. The maximum absolute atomic E-state index is 10.9. The molecule has 0 fully saturated rings. The molecule has 6 nitrogen and oxygen atoms in total. The Bertz CT molecular complexity index is 591. The zero-order chi connectivity index (χ0) is 14.0. The maximum Gasteiger partial charge on any atom is 0.347 e. The summed E-state index contributed by atoms with van der Waals surface area (Å²) in [4.78, 5) is 19.7. The Balaban J connectivity index is 2.08. The molecule has 102 valence electrons. The molecule has 1 N–H and O–H groups in total. The number of nitrogens with zero attached hydrogens (tertiary/aromatic N) is 4. The molecule has 0 amide bonds. The molecular formula is C11H14N4O2S2. The summed E-state index contributed by atoms with van der Waals surface area (Å²) in [5.74, 6) is 0.571. The third-order valence-corrected chi connectivity index (χ3v) is 4.72. The number of thioether (sulfide) groups is 1. The first-order valence-corrected chi connectivity index (χ1v) is 7.51. The number of carboxylic acid groups (broad SMARTS) is 1. The van der Waals surface area contributed by atoms with Crippen LogP contribution in [0.3, 0.4) is 0 Å². The number of rotatable bonds is 5. The molecule has 0 bridgehead atoms. The highest BCUT2D eigenvalue weighted by atomic mass is 32.2. The van der Waals surface area contributed by atoms with Crippen molar-refractivity contribution in [1.82, 2.24) is 19.7 Å². The van der Waals surface area contributed by atoms with Gasteiger partial charge in [0.2, 0.25) is 0 Å². The summed E-state index contributed by atoms with van der Waals surface area (Å²) in [5.41, 5.74) is 0.560. The fraction of sp³-hybridized carbons (Fsp3) is 0.455. The number of hydrogen-bond donors (Lipinski definition) is 1. The highest BCUT2D eigenvalue weighted by molar-refractivity contribution is 8.00. The SMILES string of the molecule is Cc1nc(SCc2ncnn2C(C)C)sc1C(=O)O. The number of thiazole rings is 1. The minimum absolute atomic E-state index is 0.255. The predicted octanol–water partition coefficient (Wildman–Crippen LogP) is 2.61. The van der Waals surface area contributed by atoms with Crippen LogP contribution in [-0.2, 0) is 5.75 Å². The summed E-state index contributed by atoms with van der Waals surface area (Å²) in [7, 11) is 0. The molecule has 19 heavy (non-hydrogen) atoms. The van der Waals surface area contributed by atoms with Crippen molar-refractivity contribution in [1.29, 1.82) is 0 Å². The van der Waals surface area contributed by atoms with Gasteiger partial charge in [0.05, 0.1) is 11.4 Å². The predicted molar refractivity (Wildman–Crippen MR) is 73.8 cm³/mol. The second-order valence-corrected chi connectivity index (χ2v) is 6.42. The Kier molecular flexibility index (Phi) is 4.20. The smallest absolute Gasteiger partial charge is 0.347 e. The van der Waals surface area contributed by atoms with Crippen LogP contribution in [-0.4, -0.2) is 30.8 Å². The third kappa shape index (κ3) is 3.13. The molecule has 0 unspecified atom stereocenters. The van der Waals surface area contributed by atoms with Crippen LogP contribution in [0.15, 0.2) is 10.7 Å². The van der Waals surface area contributed by atoms with Crippen molar-refractivity contribution in [3.8, 4) is 0 Å². The topological polar surface area (TPSA) is 80.9 Å². The van der Waals surface area contributed by atoms with Crippen LogP contribution in [0.25, 0.3) is 0 Å². The van der Waals surface area contributed by atoms with E-state index in [0.717, 1.165) is 10.2 Å². The van der Waals surface area contributed by atoms with E-state index in [-0.39, 0.29) is 6.04 Å². The van der Waals surface area contributed by atoms with Gasteiger partial charge >= 0.3 is 5.97 Å². The van der Waals surface area contributed by atoms with Crippen molar-refractivity contribution < 1.29 is 9.90 Å². The first-order valence-electron chi connectivity index (χ1n) is 5.71. The molecule has 0 atom stereocenters. The van der Waals surface area contributed by atoms with Gasteiger partial charge in [-0.2, -0.15) is 5.10 Å². The lowest BCUT2D eigenvalue weighted by atomic mass is 10.4. The Morgan fingerprint density at radius 3 is 2.89 bits per heavy atom. The van der Waals surface area contributed by atoms with E-state index in [0.29, 0.717) is 16.3 Å². The summed E-state index contributed by atoms with van der Waals surface area (Å²) in [6.45, 7) is 5.79. The van der Waals surface area contributed by atoms with Crippen molar-refractivity contribution >= 4 is 29.1 Å². The molecule has 0 aliphatic rings. The molecule has 0 aliphatic heterocycles. The molecule has 0 saturated carbocycles. The number of aromatic carboxylic acids is 1. The Labute approximate surface area is 118 Å². The van der Waals surface area contributed by atoms with E-state index in [9.17, 15) is 4.79 Å². The van der Waals surface area contributed by atoms with Gasteiger partial charge in [-0.15, -0.1) is 11.3 Å². The van der Waals surface area contributed by atoms with Gasteiger partial charge in [-0.1, -0.05) is 11.8 Å². The van der Waals surface area contributed by atoms with E-state index in [4.69, 9.17) is 5.11 Å². The van der Waals surface area contributed by atoms with Crippen LogP contribution < -0.4 is 0 Å². The average molecular weight is 298 g/mol. The first-order chi connectivity index (χ1) is 8.99. The van der Waals surface area contributed by atoms with E-state index in [1.807, 2.05) is 18.5 Å². The molecule has 2 aromatic heterocycles. The molecule has 0 radical (unpaired) electrons. The maximum atomic E-state index is 10.9. The number of hydrogen-bond acceptors (Lipinski definition) is 6. The second-order valence-electron chi connectivity index (χ2n) is 4.20. The molecule has 2 heterocycles. The summed E-state index contributed by atoms with van der Waals surface area (Å²) >= 11 is 2.68. The van der Waals surface area contributed by atoms with Gasteiger partial charge in [0.1, 0.15) is 17.0 Å². The van der Waals surface area contributed by atoms with Gasteiger partial charge in [-0.05, 0) is 20.8 Å². The van der Waals surface area contributed by atoms with Crippen molar-refractivity contribution in [2.45, 2.75) is 36.9 Å². The van der Waals surface area contributed by atoms with E-state index in [2.05, 4.69) is 15.1 Å². The van der Waals surface area contributed by atoms with Crippen LogP contribution in [0.2, 0.25) is 0 Å². The van der Waals surface area contributed by atoms with Gasteiger partial charge < -0.3 is 5.11 Å². The van der Waals surface area contributed by atoms with Crippen molar-refractivity contribution in [3.05, 3.63) is 22.7 Å². The van der Waals surface area contributed by atoms with E-state index in [1.165, 1.54) is 29.4 Å². The van der Waals surface area contributed by atoms with E-state index in [1.54, 1.807) is 6.92 Å². The number of carboxylic acids is 1. The van der Waals surface area contributed by atoms with Gasteiger partial charge in [0.15, 0.2) is 4.34 Å². The van der Waals surface area contributed by atoms with E-state index >= 15 is 0 Å². The summed E-state index contributed by atoms with van der Waals surface area (Å²) in [6.07, 6.45) is 1.53. The molecule has 0 saturated heterocycles. The molecular weight excluding hydrogens is 284 g/mol. The lowest BCUT2D eigenvalue weighted by Gasteiger charge is -2.07. The summed E-state index contributed by atoms with van der Waals surface area (Å²) in [5, 5.41) is 13.1. The third-order valence-electron chi connectivity index (χ3n) is 2.43. The minimum Gasteiger partial charge on any atom is -0.477 e. The molecule has 0 spiro atoms. The van der Waals surface area contributed by atoms with Crippen LogP contribution in [0.5, 0.6) is 0 Å². The molecule has 0 aliphatic carbocycles. The molecule has 2 aromatic rings. The van der Waals surface area contributed by atoms with Crippen molar-refractivity contribution in [2.24, 2.45) is 0 Å². The zero-order valence-electron chi connectivity index (χ0n) is 10.8. The van der Waals surface area contributed by atoms with Crippen LogP contribution in [0.1, 0.15) is 41.1 Å². The highest BCUT2D eigenvalue weighted by Crippen LogP contribution is 2.29. The van der Waals surface area contributed by atoms with Crippen LogP contribution in [0.4, 0.5) is 0 Å². The molecule has 8 heteroatoms. The summed E-state index contributed by atoms with van der Waals surface area (Å²) in [6, 6.07) is 0.255. The van der Waals surface area contributed by atoms with Gasteiger partial charge in [-0.25, -0.2) is 19.4 Å². The lowest BCUT2D eigenvalue weighted by Crippen LogP contribution is -2.07. The van der Waals surface area contributed by atoms with Crippen molar-refractivity contribution in [3.63, 3.8) is 0 Å². The fourth-order valence-corrected chi connectivity index (χ4v) is 3.53. The summed E-state index contributed by atoms with van der Waals surface area (Å²) < 4.78 is 2.60. The Hall–Kier alpha value is -1.41. The first kappa shape index (κ1) is 14.0. The van der Waals surface area contributed by atoms with Gasteiger partial charge in [-0.3, -0.25) is 0 Å². The quantitative estimate of drug-likeness (QED) is 0.855. The number of aromatic nitrogens is 4. The molecule has 2 rings (SSSR count). The van der Waals surface area contributed by atoms with Crippen LogP contribution >= 0.6 is 23.1 Å². The second kappa shape index (κ2) is 5.70. The van der Waals surface area contributed by atoms with Gasteiger partial charge in [0, 0.05) is 6.04 Å². The van der Waals surface area contributed by atoms with Crippen molar-refractivity contribution in [2.75, 3.05) is 0 Å². The number of aryl methyl sites for hydroxylation is 1. The Morgan fingerprint density at radius 2 is 2.32 bits per heavy atom. The average Bonchev–Trinajstić information content (AvgIpc) is 2.92. The highest BCUT2D eigenvalue weighted by Gasteiger charge is 2.15. The van der Waals surface area contributed by atoms with Crippen LogP contribution in [0, 0.1) is 6.92 Å². The fourth-order valence-electron chi connectivity index (χ4n) is 1.57. The zero-order valence-corrected chi connectivity index (χ0v) is 12.5. The standard InChI is InChI=1S/C11H14N4O2S2/c1-6(2)15-8(12-5-13-15)4-18-11-14-7(3)9(19-11)10(16)17/h5-6H,4H2,1-3H3,(H,16,17). The van der Waals surface area contributed by atoms with E-state index < -0.39 is 5.97 Å². The number of carbonyl (C=O) groups is 1.